The summed E-state index contributed by atoms with van der Waals surface area (Å²) in [6.07, 6.45) is 3.28. The van der Waals surface area contributed by atoms with Crippen LogP contribution < -0.4 is 10.1 Å². The first-order chi connectivity index (χ1) is 14.4. The minimum atomic E-state index is 0.00825. The number of carbonyl (C=O) groups is 2. The third-order valence-corrected chi connectivity index (χ3v) is 7.14. The molecule has 0 saturated carbocycles. The highest BCUT2D eigenvalue weighted by Gasteiger charge is 2.24. The molecule has 1 aliphatic rings. The summed E-state index contributed by atoms with van der Waals surface area (Å²) in [7, 11) is 1.63. The smallest absolute Gasteiger partial charge is 0.233 e. The molecule has 7 nitrogen and oxygen atoms in total. The Bertz CT molecular complexity index is 887. The molecule has 9 heteroatoms. The van der Waals surface area contributed by atoms with E-state index in [1.54, 1.807) is 7.11 Å². The molecule has 2 heterocycles. The molecule has 1 aromatic heterocycles. The molecule has 1 fully saturated rings. The topological polar surface area (TPSA) is 84.4 Å². The Kier molecular flexibility index (Phi) is 8.09. The number of ether oxygens (including phenoxy) is 1. The van der Waals surface area contributed by atoms with E-state index >= 15 is 0 Å². The molecule has 1 saturated heterocycles. The van der Waals surface area contributed by atoms with Crippen molar-refractivity contribution >= 4 is 40.6 Å². The fraction of sp³-hybridized carbons (Fsp3) is 0.524. The van der Waals surface area contributed by atoms with Crippen LogP contribution in [0.15, 0.2) is 22.5 Å². The molecule has 2 aromatic rings. The van der Waals surface area contributed by atoms with Crippen LogP contribution in [0.25, 0.3) is 0 Å². The number of aromatic nitrogens is 2. The average molecular weight is 449 g/mol. The molecule has 0 unspecified atom stereocenters. The maximum atomic E-state index is 12.6. The normalized spacial score (nSPS) is 16.4. The quantitative estimate of drug-likeness (QED) is 0.617. The van der Waals surface area contributed by atoms with Gasteiger partial charge in [-0.2, -0.15) is 0 Å². The highest BCUT2D eigenvalue weighted by molar-refractivity contribution is 8.01. The number of aryl methyl sites for hydroxylation is 2. The number of likely N-dealkylation sites (tertiary alicyclic amines) is 1. The number of nitrogens with one attached hydrogen (secondary N) is 1. The lowest BCUT2D eigenvalue weighted by Gasteiger charge is -2.32. The molecule has 1 N–H and O–H groups in total. The summed E-state index contributed by atoms with van der Waals surface area (Å²) < 4.78 is 6.04. The van der Waals surface area contributed by atoms with Gasteiger partial charge in [0.05, 0.1) is 12.9 Å². The Balaban J connectivity index is 1.43. The number of nitrogens with zero attached hydrogens (tertiary/aromatic N) is 3. The summed E-state index contributed by atoms with van der Waals surface area (Å²) in [4.78, 5) is 26.9. The number of hydrogen-bond acceptors (Lipinski definition) is 7. The van der Waals surface area contributed by atoms with E-state index in [4.69, 9.17) is 4.74 Å². The monoisotopic (exact) mass is 448 g/mol. The molecular formula is C21H28N4O3S2. The first-order valence-corrected chi connectivity index (χ1v) is 11.9. The summed E-state index contributed by atoms with van der Waals surface area (Å²) in [5.74, 6) is 1.67. The Morgan fingerprint density at radius 3 is 2.87 bits per heavy atom. The Hall–Kier alpha value is -2.13. The second kappa shape index (κ2) is 10.8. The fourth-order valence-corrected chi connectivity index (χ4v) is 5.25. The zero-order chi connectivity index (χ0) is 21.5. The molecule has 1 aromatic carbocycles. The molecule has 162 valence electrons. The number of thioether (sulfide) groups is 1. The lowest BCUT2D eigenvalue weighted by molar-refractivity contribution is -0.130. The van der Waals surface area contributed by atoms with Gasteiger partial charge in [-0.1, -0.05) is 23.1 Å². The average Bonchev–Trinajstić information content (AvgIpc) is 3.17. The lowest BCUT2D eigenvalue weighted by atomic mass is 9.93. The summed E-state index contributed by atoms with van der Waals surface area (Å²) >= 11 is 2.96. The predicted octanol–water partition coefficient (Wildman–Crippen LogP) is 3.91. The van der Waals surface area contributed by atoms with Crippen LogP contribution in [0.3, 0.4) is 0 Å². The largest absolute Gasteiger partial charge is 0.497 e. The van der Waals surface area contributed by atoms with Crippen LogP contribution in [0.2, 0.25) is 0 Å². The minimum absolute atomic E-state index is 0.00825. The van der Waals surface area contributed by atoms with Gasteiger partial charge in [0.2, 0.25) is 11.8 Å². The van der Waals surface area contributed by atoms with E-state index in [0.29, 0.717) is 18.1 Å². The van der Waals surface area contributed by atoms with Crippen LogP contribution in [0.4, 0.5) is 5.69 Å². The van der Waals surface area contributed by atoms with Gasteiger partial charge in [-0.15, -0.1) is 10.2 Å². The van der Waals surface area contributed by atoms with Crippen molar-refractivity contribution in [3.63, 3.8) is 0 Å². The fourth-order valence-electron chi connectivity index (χ4n) is 3.53. The zero-order valence-electron chi connectivity index (χ0n) is 17.6. The van der Waals surface area contributed by atoms with Gasteiger partial charge in [-0.05, 0) is 62.8 Å². The zero-order valence-corrected chi connectivity index (χ0v) is 19.3. The van der Waals surface area contributed by atoms with Crippen LogP contribution in [-0.2, 0) is 9.59 Å². The second-order valence-corrected chi connectivity index (χ2v) is 9.90. The number of rotatable bonds is 8. The molecule has 2 amide bonds. The van der Waals surface area contributed by atoms with Crippen molar-refractivity contribution in [1.82, 2.24) is 15.1 Å². The van der Waals surface area contributed by atoms with Crippen molar-refractivity contribution in [3.8, 4) is 5.75 Å². The second-order valence-electron chi connectivity index (χ2n) is 7.49. The van der Waals surface area contributed by atoms with Crippen molar-refractivity contribution < 1.29 is 14.3 Å². The van der Waals surface area contributed by atoms with E-state index in [2.05, 4.69) is 15.5 Å². The summed E-state index contributed by atoms with van der Waals surface area (Å²) in [6, 6.07) is 5.61. The Morgan fingerprint density at radius 1 is 1.33 bits per heavy atom. The molecule has 0 radical (unpaired) electrons. The number of methoxy groups -OCH3 is 1. The maximum Gasteiger partial charge on any atom is 0.233 e. The van der Waals surface area contributed by atoms with Crippen molar-refractivity contribution in [3.05, 3.63) is 28.8 Å². The number of carbonyl (C=O) groups excluding carboxylic acids is 2. The van der Waals surface area contributed by atoms with E-state index < -0.39 is 0 Å². The Morgan fingerprint density at radius 2 is 2.17 bits per heavy atom. The number of amides is 2. The van der Waals surface area contributed by atoms with E-state index in [0.717, 1.165) is 58.7 Å². The molecule has 0 bridgehead atoms. The van der Waals surface area contributed by atoms with Gasteiger partial charge >= 0.3 is 0 Å². The van der Waals surface area contributed by atoms with Gasteiger partial charge in [0, 0.05) is 25.2 Å². The van der Waals surface area contributed by atoms with Crippen LogP contribution >= 0.6 is 23.1 Å². The van der Waals surface area contributed by atoms with Gasteiger partial charge in [-0.3, -0.25) is 9.59 Å². The van der Waals surface area contributed by atoms with E-state index in [-0.39, 0.29) is 11.8 Å². The standard InChI is InChI=1S/C21H28N4O3S2/c1-14-11-17(28-3)7-8-18(14)22-19(26)9-6-16-5-4-10-25(12-16)20(27)13-29-21-24-23-15(2)30-21/h7-8,11,16H,4-6,9-10,12-13H2,1-3H3,(H,22,26)/t16-/m1/s1. The number of benzene rings is 1. The molecule has 1 aliphatic heterocycles. The van der Waals surface area contributed by atoms with Gasteiger partial charge < -0.3 is 15.0 Å². The molecular weight excluding hydrogens is 420 g/mol. The Labute approximate surface area is 185 Å². The van der Waals surface area contributed by atoms with E-state index in [1.165, 1.54) is 23.1 Å². The molecule has 1 atom stereocenters. The number of piperidine rings is 1. The van der Waals surface area contributed by atoms with Crippen molar-refractivity contribution in [1.29, 1.82) is 0 Å². The van der Waals surface area contributed by atoms with Gasteiger partial charge in [-0.25, -0.2) is 0 Å². The van der Waals surface area contributed by atoms with Crippen molar-refractivity contribution in [2.45, 2.75) is 43.9 Å². The summed E-state index contributed by atoms with van der Waals surface area (Å²) in [5, 5.41) is 11.9. The van der Waals surface area contributed by atoms with Crippen LogP contribution in [0.1, 0.15) is 36.3 Å². The van der Waals surface area contributed by atoms with Crippen LogP contribution in [-0.4, -0.2) is 52.9 Å². The molecule has 30 heavy (non-hydrogen) atoms. The molecule has 0 spiro atoms. The number of anilines is 1. The van der Waals surface area contributed by atoms with Gasteiger partial charge in [0.1, 0.15) is 10.8 Å². The first-order valence-electron chi connectivity index (χ1n) is 10.1. The van der Waals surface area contributed by atoms with Crippen molar-refractivity contribution in [2.75, 3.05) is 31.3 Å². The van der Waals surface area contributed by atoms with Crippen LogP contribution in [0.5, 0.6) is 5.75 Å². The first kappa shape index (κ1) is 22.6. The third-order valence-electron chi connectivity index (χ3n) is 5.19. The maximum absolute atomic E-state index is 12.6. The summed E-state index contributed by atoms with van der Waals surface area (Å²) in [6.45, 7) is 5.38. The predicted molar refractivity (Wildman–Crippen MR) is 120 cm³/mol. The minimum Gasteiger partial charge on any atom is -0.497 e. The molecule has 0 aliphatic carbocycles. The van der Waals surface area contributed by atoms with E-state index in [9.17, 15) is 9.59 Å². The van der Waals surface area contributed by atoms with Crippen LogP contribution in [0, 0.1) is 19.8 Å². The van der Waals surface area contributed by atoms with E-state index in [1.807, 2.05) is 36.9 Å². The lowest BCUT2D eigenvalue weighted by Crippen LogP contribution is -2.41. The van der Waals surface area contributed by atoms with Gasteiger partial charge in [0.15, 0.2) is 4.34 Å². The summed E-state index contributed by atoms with van der Waals surface area (Å²) in [5.41, 5.74) is 1.78. The van der Waals surface area contributed by atoms with Gasteiger partial charge in [0.25, 0.3) is 0 Å². The highest BCUT2D eigenvalue weighted by atomic mass is 32.2. The van der Waals surface area contributed by atoms with Crippen molar-refractivity contribution in [2.24, 2.45) is 5.92 Å². The SMILES string of the molecule is COc1ccc(NC(=O)CC[C@H]2CCCN(C(=O)CSc3nnc(C)s3)C2)c(C)c1. The number of hydrogen-bond donors (Lipinski definition) is 1. The third kappa shape index (κ3) is 6.43. The molecule has 3 rings (SSSR count). The highest BCUT2D eigenvalue weighted by Crippen LogP contribution is 2.26.